The summed E-state index contributed by atoms with van der Waals surface area (Å²) in [5, 5.41) is 5.28. The van der Waals surface area contributed by atoms with Gasteiger partial charge in [-0.05, 0) is 77.5 Å². The number of anilines is 3. The van der Waals surface area contributed by atoms with Crippen molar-refractivity contribution in [3.05, 3.63) is 158 Å². The van der Waals surface area contributed by atoms with E-state index in [2.05, 4.69) is 172 Å². The van der Waals surface area contributed by atoms with Crippen molar-refractivity contribution in [2.45, 2.75) is 12.9 Å². The molecule has 0 spiro atoms. The Morgan fingerprint density at radius 2 is 1.19 bits per heavy atom. The van der Waals surface area contributed by atoms with Gasteiger partial charge in [0.1, 0.15) is 0 Å². The zero-order valence-corrected chi connectivity index (χ0v) is 26.3. The topological polar surface area (TPSA) is 13.1 Å². The van der Waals surface area contributed by atoms with Gasteiger partial charge in [0.2, 0.25) is 6.71 Å². The van der Waals surface area contributed by atoms with Gasteiger partial charge in [0.05, 0.1) is 16.6 Å². The van der Waals surface area contributed by atoms with Crippen LogP contribution < -0.4 is 15.8 Å². The third-order valence-electron chi connectivity index (χ3n) is 10.8. The molecule has 0 atom stereocenters. The lowest BCUT2D eigenvalue weighted by atomic mass is 9.35. The van der Waals surface area contributed by atoms with Gasteiger partial charge in [-0.2, -0.15) is 0 Å². The van der Waals surface area contributed by atoms with Crippen molar-refractivity contribution in [1.29, 1.82) is 0 Å². The summed E-state index contributed by atoms with van der Waals surface area (Å²) in [6.45, 7) is 1.32. The second kappa shape index (κ2) is 9.76. The lowest BCUT2D eigenvalue weighted by molar-refractivity contribution is 0.813. The minimum atomic E-state index is 0.341. The summed E-state index contributed by atoms with van der Waals surface area (Å²) in [4.78, 5) is 2.51. The molecule has 0 bridgehead atoms. The number of benzene rings is 7. The molecule has 2 aromatic heterocycles. The zero-order valence-electron chi connectivity index (χ0n) is 26.3. The Morgan fingerprint density at radius 1 is 0.500 bits per heavy atom. The molecule has 7 aromatic carbocycles. The van der Waals surface area contributed by atoms with E-state index >= 15 is 0 Å². The molecule has 0 N–H and O–H groups in total. The maximum atomic E-state index is 2.65. The average molecular weight is 612 g/mol. The summed E-state index contributed by atoms with van der Waals surface area (Å²) in [6.07, 6.45) is 1.07. The van der Waals surface area contributed by atoms with Crippen molar-refractivity contribution in [3.63, 3.8) is 0 Å². The molecule has 11 rings (SSSR count). The fourth-order valence-electron chi connectivity index (χ4n) is 8.92. The van der Waals surface area contributed by atoms with Crippen LogP contribution in [-0.4, -0.2) is 15.8 Å². The quantitative estimate of drug-likeness (QED) is 0.181. The molecule has 2 aliphatic rings. The van der Waals surface area contributed by atoms with Crippen LogP contribution in [0.3, 0.4) is 0 Å². The molecule has 48 heavy (non-hydrogen) atoms. The van der Waals surface area contributed by atoms with Crippen molar-refractivity contribution in [2.24, 2.45) is 0 Å². The Morgan fingerprint density at radius 3 is 2.00 bits per heavy atom. The number of aryl methyl sites for hydroxylation is 1. The third-order valence-corrected chi connectivity index (χ3v) is 10.8. The lowest BCUT2D eigenvalue weighted by Crippen LogP contribution is -2.52. The van der Waals surface area contributed by atoms with Gasteiger partial charge >= 0.3 is 0 Å². The first-order valence-corrected chi connectivity index (χ1v) is 17.0. The molecule has 2 aliphatic heterocycles. The number of hydrogen-bond donors (Lipinski definition) is 0. The molecule has 9 aromatic rings. The molecule has 0 saturated heterocycles. The van der Waals surface area contributed by atoms with E-state index in [9.17, 15) is 0 Å². The SMILES string of the molecule is c1ccc(-c2cc3c4c5c2c2cc6c7ccccc7n(-c7ccccc7)c6cc2n5CCB4c2ccccc2N3c2ccccc2)cc1. The number of fused-ring (bicyclic) bond motifs is 8. The number of aromatic nitrogens is 2. The smallest absolute Gasteiger partial charge is 0.219 e. The number of hydrogen-bond acceptors (Lipinski definition) is 1. The number of rotatable bonds is 3. The molecule has 4 heteroatoms. The predicted octanol–water partition coefficient (Wildman–Crippen LogP) is 9.96. The Balaban J connectivity index is 1.33. The highest BCUT2D eigenvalue weighted by Crippen LogP contribution is 2.47. The van der Waals surface area contributed by atoms with Crippen molar-refractivity contribution in [2.75, 3.05) is 4.90 Å². The molecular formula is C44H30BN3. The highest BCUT2D eigenvalue weighted by molar-refractivity contribution is 6.90. The molecule has 4 heterocycles. The summed E-state index contributed by atoms with van der Waals surface area (Å²) < 4.78 is 5.09. The Hall–Kier alpha value is -6.00. The highest BCUT2D eigenvalue weighted by Gasteiger charge is 2.40. The fourth-order valence-corrected chi connectivity index (χ4v) is 8.92. The molecule has 0 saturated carbocycles. The minimum absolute atomic E-state index is 0.341. The van der Waals surface area contributed by atoms with Gasteiger partial charge in [-0.25, -0.2) is 0 Å². The summed E-state index contributed by atoms with van der Waals surface area (Å²) >= 11 is 0. The first kappa shape index (κ1) is 26.1. The summed E-state index contributed by atoms with van der Waals surface area (Å²) in [5.41, 5.74) is 15.6. The van der Waals surface area contributed by atoms with Crippen molar-refractivity contribution >= 4 is 78.3 Å². The fraction of sp³-hybridized carbons (Fsp3) is 0.0455. The van der Waals surface area contributed by atoms with E-state index in [1.807, 2.05) is 0 Å². The Labute approximate surface area is 279 Å². The molecule has 0 amide bonds. The van der Waals surface area contributed by atoms with Crippen LogP contribution in [0.1, 0.15) is 0 Å². The lowest BCUT2D eigenvalue weighted by Gasteiger charge is -2.39. The molecule has 3 nitrogen and oxygen atoms in total. The number of para-hydroxylation sites is 4. The van der Waals surface area contributed by atoms with E-state index in [0.717, 1.165) is 12.9 Å². The van der Waals surface area contributed by atoms with Crippen molar-refractivity contribution in [1.82, 2.24) is 9.13 Å². The molecule has 0 fully saturated rings. The van der Waals surface area contributed by atoms with Gasteiger partial charge in [-0.15, -0.1) is 0 Å². The Kier molecular flexibility index (Phi) is 5.31. The van der Waals surface area contributed by atoms with Crippen LogP contribution in [0.4, 0.5) is 17.1 Å². The normalized spacial score (nSPS) is 13.6. The zero-order chi connectivity index (χ0) is 31.3. The van der Waals surface area contributed by atoms with Crippen LogP contribution in [0.5, 0.6) is 0 Å². The van der Waals surface area contributed by atoms with Crippen LogP contribution in [0.15, 0.2) is 158 Å². The standard InChI is InChI=1S/C44H30BN3/c1-4-14-29(15-5-1)33-27-41-43-44-42(33)35-26-34-32-20-10-12-22-37(32)47(30-16-6-2-7-17-30)40(34)28-39(35)46(44)25-24-45(43)36-21-11-13-23-38(36)48(41)31-18-8-3-9-19-31/h1-23,26-28H,24-25H2. The highest BCUT2D eigenvalue weighted by atomic mass is 15.2. The summed E-state index contributed by atoms with van der Waals surface area (Å²) in [5.74, 6) is 0. The van der Waals surface area contributed by atoms with Crippen LogP contribution >= 0.6 is 0 Å². The minimum Gasteiger partial charge on any atom is -0.341 e. The van der Waals surface area contributed by atoms with E-state index in [1.54, 1.807) is 0 Å². The van der Waals surface area contributed by atoms with Gasteiger partial charge in [0, 0.05) is 56.4 Å². The van der Waals surface area contributed by atoms with Gasteiger partial charge in [-0.3, -0.25) is 0 Å². The summed E-state index contributed by atoms with van der Waals surface area (Å²) in [7, 11) is 0. The number of nitrogens with zero attached hydrogens (tertiary/aromatic N) is 3. The largest absolute Gasteiger partial charge is 0.341 e. The van der Waals surface area contributed by atoms with Gasteiger partial charge < -0.3 is 14.0 Å². The van der Waals surface area contributed by atoms with E-state index < -0.39 is 0 Å². The van der Waals surface area contributed by atoms with Gasteiger partial charge in [0.15, 0.2) is 0 Å². The first-order valence-electron chi connectivity index (χ1n) is 17.0. The maximum Gasteiger partial charge on any atom is 0.219 e. The third kappa shape index (κ3) is 3.44. The van der Waals surface area contributed by atoms with Crippen LogP contribution in [0.25, 0.3) is 60.4 Å². The second-order valence-electron chi connectivity index (χ2n) is 13.2. The monoisotopic (exact) mass is 611 g/mol. The molecule has 224 valence electrons. The van der Waals surface area contributed by atoms with Crippen molar-refractivity contribution in [3.8, 4) is 16.8 Å². The second-order valence-corrected chi connectivity index (χ2v) is 13.2. The van der Waals surface area contributed by atoms with Crippen LogP contribution in [0.2, 0.25) is 6.32 Å². The first-order chi connectivity index (χ1) is 23.8. The van der Waals surface area contributed by atoms with E-state index in [1.165, 1.54) is 88.4 Å². The molecular weight excluding hydrogens is 581 g/mol. The molecule has 0 aliphatic carbocycles. The van der Waals surface area contributed by atoms with E-state index in [4.69, 9.17) is 0 Å². The average Bonchev–Trinajstić information content (AvgIpc) is 3.66. The van der Waals surface area contributed by atoms with E-state index in [-0.39, 0.29) is 0 Å². The molecule has 0 radical (unpaired) electrons. The van der Waals surface area contributed by atoms with Crippen molar-refractivity contribution < 1.29 is 0 Å². The summed E-state index contributed by atoms with van der Waals surface area (Å²) in [6, 6.07) is 58.1. The van der Waals surface area contributed by atoms with E-state index in [0.29, 0.717) is 6.71 Å². The van der Waals surface area contributed by atoms with Crippen LogP contribution in [0, 0.1) is 0 Å². The van der Waals surface area contributed by atoms with Gasteiger partial charge in [-0.1, -0.05) is 109 Å². The molecule has 0 unspecified atom stereocenters. The Bertz CT molecular complexity index is 2720. The van der Waals surface area contributed by atoms with Gasteiger partial charge in [0.25, 0.3) is 0 Å². The van der Waals surface area contributed by atoms with Crippen LogP contribution in [-0.2, 0) is 6.54 Å². The predicted molar refractivity (Wildman–Crippen MR) is 204 cm³/mol. The maximum absolute atomic E-state index is 2.65.